The van der Waals surface area contributed by atoms with Crippen LogP contribution in [0.25, 0.3) is 0 Å². The van der Waals surface area contributed by atoms with E-state index in [0.717, 1.165) is 36.0 Å². The summed E-state index contributed by atoms with van der Waals surface area (Å²) < 4.78 is 5.23. The molecule has 8 nitrogen and oxygen atoms in total. The number of anilines is 1. The second kappa shape index (κ2) is 9.03. The lowest BCUT2D eigenvalue weighted by Gasteiger charge is -2.27. The lowest BCUT2D eigenvalue weighted by atomic mass is 9.86. The highest BCUT2D eigenvalue weighted by molar-refractivity contribution is 7.99. The van der Waals surface area contributed by atoms with E-state index in [9.17, 15) is 14.4 Å². The van der Waals surface area contributed by atoms with Gasteiger partial charge in [0.15, 0.2) is 0 Å². The minimum Gasteiger partial charge on any atom is -0.497 e. The predicted molar refractivity (Wildman–Crippen MR) is 129 cm³/mol. The van der Waals surface area contributed by atoms with Crippen molar-refractivity contribution >= 4 is 35.3 Å². The average Bonchev–Trinajstić information content (AvgIpc) is 3.32. The summed E-state index contributed by atoms with van der Waals surface area (Å²) in [6, 6.07) is 11.0. The molecule has 4 heterocycles. The molecule has 174 valence electrons. The lowest BCUT2D eigenvalue weighted by molar-refractivity contribution is -0.127. The van der Waals surface area contributed by atoms with Gasteiger partial charge in [-0.1, -0.05) is 18.1 Å². The number of amides is 3. The van der Waals surface area contributed by atoms with Gasteiger partial charge in [-0.25, -0.2) is 4.98 Å². The molecular weight excluding hydrogens is 452 g/mol. The molecule has 2 aromatic rings. The van der Waals surface area contributed by atoms with Gasteiger partial charge in [0.05, 0.1) is 13.5 Å². The molecule has 3 amide bonds. The minimum atomic E-state index is -1.32. The number of carbonyl (C=O) groups is 3. The molecule has 1 N–H and O–H groups in total. The van der Waals surface area contributed by atoms with Crippen molar-refractivity contribution in [3.63, 3.8) is 0 Å². The van der Waals surface area contributed by atoms with E-state index in [1.165, 1.54) is 0 Å². The average molecular weight is 477 g/mol. The largest absolute Gasteiger partial charge is 0.497 e. The van der Waals surface area contributed by atoms with E-state index >= 15 is 0 Å². The van der Waals surface area contributed by atoms with E-state index < -0.39 is 17.2 Å². The monoisotopic (exact) mass is 476 g/mol. The summed E-state index contributed by atoms with van der Waals surface area (Å²) in [4.78, 5) is 46.6. The fraction of sp³-hybridized carbons (Fsp3) is 0.360. The SMILES string of the molecule is COc1ccc2c(c1)C(=O)N(C[C@@]1(C#Cc3cccc(N4CCSCC4)n3)CC(=O)NC1=O)C2. The van der Waals surface area contributed by atoms with Crippen LogP contribution in [0.15, 0.2) is 36.4 Å². The molecule has 3 aliphatic rings. The number of benzene rings is 1. The van der Waals surface area contributed by atoms with E-state index in [-0.39, 0.29) is 18.9 Å². The summed E-state index contributed by atoms with van der Waals surface area (Å²) in [5.41, 5.74) is 0.607. The van der Waals surface area contributed by atoms with Gasteiger partial charge in [-0.05, 0) is 35.7 Å². The van der Waals surface area contributed by atoms with E-state index in [0.29, 0.717) is 23.6 Å². The molecule has 0 saturated carbocycles. The third-order valence-electron chi connectivity index (χ3n) is 6.31. The summed E-state index contributed by atoms with van der Waals surface area (Å²) >= 11 is 1.92. The first kappa shape index (κ1) is 22.3. The number of thioether (sulfide) groups is 1. The summed E-state index contributed by atoms with van der Waals surface area (Å²) in [6.07, 6.45) is -0.0919. The van der Waals surface area contributed by atoms with Gasteiger partial charge in [-0.15, -0.1) is 0 Å². The van der Waals surface area contributed by atoms with Crippen LogP contribution in [-0.4, -0.2) is 65.9 Å². The van der Waals surface area contributed by atoms with E-state index in [2.05, 4.69) is 27.0 Å². The number of methoxy groups -OCH3 is 1. The van der Waals surface area contributed by atoms with Crippen LogP contribution >= 0.6 is 11.8 Å². The third kappa shape index (κ3) is 4.21. The highest BCUT2D eigenvalue weighted by Crippen LogP contribution is 2.33. The third-order valence-corrected chi connectivity index (χ3v) is 7.25. The topological polar surface area (TPSA) is 91.8 Å². The van der Waals surface area contributed by atoms with Crippen molar-refractivity contribution in [1.82, 2.24) is 15.2 Å². The minimum absolute atomic E-state index is 0.0242. The zero-order valence-corrected chi connectivity index (χ0v) is 19.6. The number of nitrogens with zero attached hydrogens (tertiary/aromatic N) is 3. The molecule has 0 unspecified atom stereocenters. The van der Waals surface area contributed by atoms with Crippen LogP contribution in [0, 0.1) is 17.3 Å². The quantitative estimate of drug-likeness (QED) is 0.530. The number of fused-ring (bicyclic) bond motifs is 1. The second-order valence-electron chi connectivity index (χ2n) is 8.55. The smallest absolute Gasteiger partial charge is 0.254 e. The van der Waals surface area contributed by atoms with Crippen molar-refractivity contribution in [2.75, 3.05) is 43.1 Å². The maximum atomic E-state index is 13.1. The molecule has 0 spiro atoms. The Bertz CT molecular complexity index is 1230. The van der Waals surface area contributed by atoms with Gasteiger partial charge in [0, 0.05) is 43.2 Å². The van der Waals surface area contributed by atoms with Gasteiger partial charge >= 0.3 is 0 Å². The van der Waals surface area contributed by atoms with Crippen LogP contribution in [0.5, 0.6) is 5.75 Å². The number of hydrogen-bond donors (Lipinski definition) is 1. The Labute approximate surface area is 202 Å². The number of rotatable bonds is 4. The Morgan fingerprint density at radius 2 is 2.00 bits per heavy atom. The van der Waals surface area contributed by atoms with Crippen molar-refractivity contribution in [2.45, 2.75) is 13.0 Å². The number of hydrogen-bond acceptors (Lipinski definition) is 7. The van der Waals surface area contributed by atoms with Crippen LogP contribution in [0.1, 0.15) is 28.0 Å². The van der Waals surface area contributed by atoms with Crippen LogP contribution < -0.4 is 15.0 Å². The molecular formula is C25H24N4O4S. The summed E-state index contributed by atoms with van der Waals surface area (Å²) in [5.74, 6) is 8.54. The molecule has 0 radical (unpaired) electrons. The van der Waals surface area contributed by atoms with E-state index in [4.69, 9.17) is 4.74 Å². The highest BCUT2D eigenvalue weighted by Gasteiger charge is 2.48. The molecule has 1 atom stereocenters. The number of imide groups is 1. The van der Waals surface area contributed by atoms with Crippen molar-refractivity contribution in [1.29, 1.82) is 0 Å². The van der Waals surface area contributed by atoms with Crippen molar-refractivity contribution in [3.05, 3.63) is 53.2 Å². The standard InChI is InChI=1S/C25H24N4O4S/c1-33-19-6-5-17-15-29(23(31)20(17)13-19)16-25(14-22(30)27-24(25)32)8-7-18-3-2-4-21(26-18)28-9-11-34-12-10-28/h2-6,13H,9-12,14-16H2,1H3,(H,27,30,32)/t25-/m1/s1. The molecule has 0 bridgehead atoms. The first-order valence-electron chi connectivity index (χ1n) is 11.1. The normalized spacial score (nSPS) is 21.7. The van der Waals surface area contributed by atoms with Gasteiger partial charge in [0.2, 0.25) is 11.8 Å². The fourth-order valence-corrected chi connectivity index (χ4v) is 5.38. The lowest BCUT2D eigenvalue weighted by Crippen LogP contribution is -2.42. The van der Waals surface area contributed by atoms with Crippen LogP contribution in [0.4, 0.5) is 5.82 Å². The van der Waals surface area contributed by atoms with E-state index in [1.807, 2.05) is 30.0 Å². The number of carbonyl (C=O) groups excluding carboxylic acids is 3. The number of nitrogens with one attached hydrogen (secondary N) is 1. The van der Waals surface area contributed by atoms with Gasteiger partial charge in [-0.3, -0.25) is 19.7 Å². The van der Waals surface area contributed by atoms with Gasteiger partial charge in [0.25, 0.3) is 5.91 Å². The first-order valence-corrected chi connectivity index (χ1v) is 12.3. The number of ether oxygens (including phenoxy) is 1. The van der Waals surface area contributed by atoms with Gasteiger partial charge in [0.1, 0.15) is 22.7 Å². The van der Waals surface area contributed by atoms with Crippen molar-refractivity contribution in [3.8, 4) is 17.6 Å². The van der Waals surface area contributed by atoms with Gasteiger partial charge < -0.3 is 14.5 Å². The summed E-state index contributed by atoms with van der Waals surface area (Å²) in [6.45, 7) is 2.23. The summed E-state index contributed by atoms with van der Waals surface area (Å²) in [5, 5.41) is 2.37. The van der Waals surface area contributed by atoms with E-state index in [1.54, 1.807) is 30.2 Å². The molecule has 1 aromatic carbocycles. The Hall–Kier alpha value is -3.51. The molecule has 5 rings (SSSR count). The van der Waals surface area contributed by atoms with Crippen LogP contribution in [0.3, 0.4) is 0 Å². The molecule has 1 aromatic heterocycles. The Morgan fingerprint density at radius 1 is 1.18 bits per heavy atom. The van der Waals surface area contributed by atoms with Gasteiger partial charge in [-0.2, -0.15) is 11.8 Å². The zero-order chi connectivity index (χ0) is 23.7. The molecule has 34 heavy (non-hydrogen) atoms. The molecule has 3 aliphatic heterocycles. The Morgan fingerprint density at radius 3 is 2.74 bits per heavy atom. The zero-order valence-electron chi connectivity index (χ0n) is 18.8. The maximum absolute atomic E-state index is 13.1. The highest BCUT2D eigenvalue weighted by atomic mass is 32.2. The fourth-order valence-electron chi connectivity index (χ4n) is 4.48. The number of aromatic nitrogens is 1. The summed E-state index contributed by atoms with van der Waals surface area (Å²) in [7, 11) is 1.55. The molecule has 2 fully saturated rings. The maximum Gasteiger partial charge on any atom is 0.254 e. The molecule has 0 aliphatic carbocycles. The second-order valence-corrected chi connectivity index (χ2v) is 9.78. The number of pyridine rings is 1. The predicted octanol–water partition coefficient (Wildman–Crippen LogP) is 1.68. The Balaban J connectivity index is 1.42. The van der Waals surface area contributed by atoms with Crippen LogP contribution in [0.2, 0.25) is 0 Å². The first-order chi connectivity index (χ1) is 16.5. The molecule has 2 saturated heterocycles. The van der Waals surface area contributed by atoms with Crippen LogP contribution in [-0.2, 0) is 16.1 Å². The van der Waals surface area contributed by atoms with Crippen molar-refractivity contribution in [2.24, 2.45) is 5.41 Å². The Kier molecular flexibility index (Phi) is 5.92. The van der Waals surface area contributed by atoms with Crippen molar-refractivity contribution < 1.29 is 19.1 Å². The molecule has 9 heteroatoms.